The summed E-state index contributed by atoms with van der Waals surface area (Å²) in [6, 6.07) is 5.59. The largest absolute Gasteiger partial charge is 0.494 e. The van der Waals surface area contributed by atoms with Crippen LogP contribution in [0, 0.1) is 5.82 Å². The summed E-state index contributed by atoms with van der Waals surface area (Å²) in [6.07, 6.45) is 0.849. The van der Waals surface area contributed by atoms with Crippen LogP contribution < -0.4 is 10.1 Å². The van der Waals surface area contributed by atoms with Crippen LogP contribution in [0.1, 0.15) is 19.4 Å². The second-order valence-electron chi connectivity index (χ2n) is 4.09. The lowest BCUT2D eigenvalue weighted by atomic mass is 10.1. The molecule has 0 fully saturated rings. The minimum Gasteiger partial charge on any atom is -0.494 e. The Morgan fingerprint density at radius 2 is 2.17 bits per heavy atom. The Morgan fingerprint density at radius 1 is 1.39 bits per heavy atom. The molecule has 0 bridgehead atoms. The molecule has 1 atom stereocenters. The van der Waals surface area contributed by atoms with Gasteiger partial charge in [0.1, 0.15) is 0 Å². The minimum atomic E-state index is -0.284. The van der Waals surface area contributed by atoms with Crippen LogP contribution in [0.3, 0.4) is 0 Å². The van der Waals surface area contributed by atoms with E-state index >= 15 is 0 Å². The van der Waals surface area contributed by atoms with Crippen LogP contribution >= 0.6 is 11.8 Å². The summed E-state index contributed by atoms with van der Waals surface area (Å²) in [5.74, 6) is 2.19. The summed E-state index contributed by atoms with van der Waals surface area (Å²) in [7, 11) is 1.48. The lowest BCUT2D eigenvalue weighted by Crippen LogP contribution is -2.33. The molecule has 0 spiro atoms. The van der Waals surface area contributed by atoms with Gasteiger partial charge >= 0.3 is 0 Å². The Hall–Kier alpha value is -0.740. The Bertz CT molecular complexity index is 360. The number of methoxy groups -OCH3 is 1. The number of hydrogen-bond donors (Lipinski definition) is 1. The molecule has 1 N–H and O–H groups in total. The SMILES string of the molecule is CCNC(CSCC)Cc1ccc(OC)c(F)c1. The highest BCUT2D eigenvalue weighted by atomic mass is 32.2. The predicted octanol–water partition coefficient (Wildman–Crippen LogP) is 3.11. The monoisotopic (exact) mass is 271 g/mol. The molecule has 4 heteroatoms. The molecule has 102 valence electrons. The van der Waals surface area contributed by atoms with Gasteiger partial charge in [-0.05, 0) is 36.4 Å². The average Bonchev–Trinajstić information content (AvgIpc) is 2.36. The molecule has 1 aromatic carbocycles. The van der Waals surface area contributed by atoms with Crippen LogP contribution in [0.25, 0.3) is 0 Å². The molecule has 0 aliphatic carbocycles. The third-order valence-corrected chi connectivity index (χ3v) is 3.76. The van der Waals surface area contributed by atoms with Crippen molar-refractivity contribution < 1.29 is 9.13 Å². The van der Waals surface area contributed by atoms with E-state index in [-0.39, 0.29) is 5.82 Å². The molecule has 1 rings (SSSR count). The first-order valence-electron chi connectivity index (χ1n) is 6.34. The number of likely N-dealkylation sites (N-methyl/N-ethyl adjacent to an activating group) is 1. The number of benzene rings is 1. The summed E-state index contributed by atoms with van der Waals surface area (Å²) >= 11 is 1.91. The Kier molecular flexibility index (Phi) is 7.13. The van der Waals surface area contributed by atoms with Crippen LogP contribution in [0.2, 0.25) is 0 Å². The van der Waals surface area contributed by atoms with Crippen LogP contribution in [-0.4, -0.2) is 31.2 Å². The standard InChI is InChI=1S/C14H22FNOS/c1-4-16-12(10-18-5-2)8-11-6-7-14(17-3)13(15)9-11/h6-7,9,12,16H,4-5,8,10H2,1-3H3. The molecule has 1 unspecified atom stereocenters. The van der Waals surface area contributed by atoms with Crippen LogP contribution in [0.15, 0.2) is 18.2 Å². The van der Waals surface area contributed by atoms with Gasteiger partial charge < -0.3 is 10.1 Å². The predicted molar refractivity (Wildman–Crippen MR) is 77.1 cm³/mol. The zero-order valence-corrected chi connectivity index (χ0v) is 12.1. The minimum absolute atomic E-state index is 0.284. The van der Waals surface area contributed by atoms with Crippen molar-refractivity contribution in [3.63, 3.8) is 0 Å². The fraction of sp³-hybridized carbons (Fsp3) is 0.571. The number of hydrogen-bond acceptors (Lipinski definition) is 3. The molecule has 0 aliphatic heterocycles. The Balaban J connectivity index is 2.64. The summed E-state index contributed by atoms with van der Waals surface area (Å²) in [5, 5.41) is 3.44. The van der Waals surface area contributed by atoms with Crippen molar-refractivity contribution in [3.05, 3.63) is 29.6 Å². The van der Waals surface area contributed by atoms with Gasteiger partial charge in [0.25, 0.3) is 0 Å². The van der Waals surface area contributed by atoms with Gasteiger partial charge in [-0.3, -0.25) is 0 Å². The summed E-state index contributed by atoms with van der Waals surface area (Å²) < 4.78 is 18.5. The molecule has 0 aromatic heterocycles. The third kappa shape index (κ3) is 4.86. The highest BCUT2D eigenvalue weighted by Crippen LogP contribution is 2.19. The lowest BCUT2D eigenvalue weighted by molar-refractivity contribution is 0.386. The molecule has 18 heavy (non-hydrogen) atoms. The summed E-state index contributed by atoms with van der Waals surface area (Å²) in [5.41, 5.74) is 1.01. The van der Waals surface area contributed by atoms with Gasteiger partial charge in [-0.25, -0.2) is 4.39 Å². The molecular formula is C14H22FNOS. The molecule has 0 saturated carbocycles. The van der Waals surface area contributed by atoms with E-state index in [2.05, 4.69) is 19.2 Å². The van der Waals surface area contributed by atoms with Gasteiger partial charge in [0, 0.05) is 11.8 Å². The molecule has 0 radical (unpaired) electrons. The quantitative estimate of drug-likeness (QED) is 0.785. The highest BCUT2D eigenvalue weighted by molar-refractivity contribution is 7.99. The van der Waals surface area contributed by atoms with Gasteiger partial charge in [-0.1, -0.05) is 19.9 Å². The van der Waals surface area contributed by atoms with Crippen LogP contribution in [-0.2, 0) is 6.42 Å². The highest BCUT2D eigenvalue weighted by Gasteiger charge is 2.10. The fourth-order valence-electron chi connectivity index (χ4n) is 1.86. The molecular weight excluding hydrogens is 249 g/mol. The van der Waals surface area contributed by atoms with Crippen LogP contribution in [0.4, 0.5) is 4.39 Å². The van der Waals surface area contributed by atoms with Gasteiger partial charge in [0.15, 0.2) is 11.6 Å². The van der Waals surface area contributed by atoms with Crippen molar-refractivity contribution in [2.75, 3.05) is 25.2 Å². The van der Waals surface area contributed by atoms with E-state index in [1.165, 1.54) is 7.11 Å². The van der Waals surface area contributed by atoms with E-state index in [1.807, 2.05) is 17.8 Å². The van der Waals surface area contributed by atoms with Crippen molar-refractivity contribution in [2.24, 2.45) is 0 Å². The van der Waals surface area contributed by atoms with Gasteiger partial charge in [0.2, 0.25) is 0 Å². The van der Waals surface area contributed by atoms with E-state index in [1.54, 1.807) is 12.1 Å². The van der Waals surface area contributed by atoms with E-state index in [9.17, 15) is 4.39 Å². The van der Waals surface area contributed by atoms with Gasteiger partial charge in [-0.15, -0.1) is 0 Å². The first kappa shape index (κ1) is 15.3. The normalized spacial score (nSPS) is 12.4. The van der Waals surface area contributed by atoms with E-state index in [0.717, 1.165) is 30.0 Å². The Morgan fingerprint density at radius 3 is 2.72 bits per heavy atom. The number of rotatable bonds is 8. The maximum atomic E-state index is 13.6. The zero-order chi connectivity index (χ0) is 13.4. The van der Waals surface area contributed by atoms with Gasteiger partial charge in [-0.2, -0.15) is 11.8 Å². The third-order valence-electron chi connectivity index (χ3n) is 2.71. The lowest BCUT2D eigenvalue weighted by Gasteiger charge is -2.17. The first-order chi connectivity index (χ1) is 8.71. The second-order valence-corrected chi connectivity index (χ2v) is 5.41. The average molecular weight is 271 g/mol. The number of halogens is 1. The number of nitrogens with one attached hydrogen (secondary N) is 1. The maximum absolute atomic E-state index is 13.6. The first-order valence-corrected chi connectivity index (χ1v) is 7.50. The molecule has 0 amide bonds. The van der Waals surface area contributed by atoms with E-state index in [4.69, 9.17) is 4.74 Å². The van der Waals surface area contributed by atoms with Crippen molar-refractivity contribution in [2.45, 2.75) is 26.3 Å². The number of ether oxygens (including phenoxy) is 1. The summed E-state index contributed by atoms with van der Waals surface area (Å²) in [4.78, 5) is 0. The smallest absolute Gasteiger partial charge is 0.165 e. The summed E-state index contributed by atoms with van der Waals surface area (Å²) in [6.45, 7) is 5.19. The van der Waals surface area contributed by atoms with Gasteiger partial charge in [0.05, 0.1) is 7.11 Å². The number of thioether (sulfide) groups is 1. The maximum Gasteiger partial charge on any atom is 0.165 e. The Labute approximate surface area is 113 Å². The van der Waals surface area contributed by atoms with Crippen molar-refractivity contribution in [1.82, 2.24) is 5.32 Å². The van der Waals surface area contributed by atoms with Crippen molar-refractivity contribution in [3.8, 4) is 5.75 Å². The zero-order valence-electron chi connectivity index (χ0n) is 11.3. The van der Waals surface area contributed by atoms with Crippen LogP contribution in [0.5, 0.6) is 5.75 Å². The molecule has 0 heterocycles. The van der Waals surface area contributed by atoms with E-state index in [0.29, 0.717) is 11.8 Å². The fourth-order valence-corrected chi connectivity index (χ4v) is 2.62. The van der Waals surface area contributed by atoms with Crippen molar-refractivity contribution in [1.29, 1.82) is 0 Å². The topological polar surface area (TPSA) is 21.3 Å². The van der Waals surface area contributed by atoms with E-state index < -0.39 is 0 Å². The molecule has 2 nitrogen and oxygen atoms in total. The van der Waals surface area contributed by atoms with Crippen molar-refractivity contribution >= 4 is 11.8 Å². The molecule has 1 aromatic rings. The second kappa shape index (κ2) is 8.38. The molecule has 0 aliphatic rings. The molecule has 0 saturated heterocycles.